The molecule has 8 nitrogen and oxygen atoms in total. The Morgan fingerprint density at radius 1 is 1.52 bits per heavy atom. The van der Waals surface area contributed by atoms with Gasteiger partial charge in [0, 0.05) is 38.2 Å². The first-order valence-electron chi connectivity index (χ1n) is 6.14. The van der Waals surface area contributed by atoms with Crippen molar-refractivity contribution >= 4 is 28.4 Å². The Morgan fingerprint density at radius 2 is 2.24 bits per heavy atom. The van der Waals surface area contributed by atoms with Crippen LogP contribution < -0.4 is 5.32 Å². The standard InChI is InChI=1S/C11H16N4O4S.ClH/c1-8(9-6-12-2-3-14-9)20(18,19)15-5-4-13-7-10(15)11(16)17;/h2-3,6,8,10,13H,4-5,7H2,1H3,(H,16,17);1H. The van der Waals surface area contributed by atoms with E-state index in [0.29, 0.717) is 12.2 Å². The third-order valence-electron chi connectivity index (χ3n) is 3.25. The Balaban J connectivity index is 0.00000220. The zero-order valence-corrected chi connectivity index (χ0v) is 13.0. The molecule has 10 heteroatoms. The summed E-state index contributed by atoms with van der Waals surface area (Å²) in [6.45, 7) is 2.14. The van der Waals surface area contributed by atoms with Crippen LogP contribution in [0.2, 0.25) is 0 Å². The number of aromatic nitrogens is 2. The molecule has 21 heavy (non-hydrogen) atoms. The minimum absolute atomic E-state index is 0. The van der Waals surface area contributed by atoms with Gasteiger partial charge in [0.2, 0.25) is 10.0 Å². The Bertz CT molecular complexity index is 583. The van der Waals surface area contributed by atoms with Crippen LogP contribution in [-0.4, -0.2) is 59.4 Å². The highest BCUT2D eigenvalue weighted by molar-refractivity contribution is 7.89. The summed E-state index contributed by atoms with van der Waals surface area (Å²) in [5, 5.41) is 11.1. The first kappa shape index (κ1) is 17.8. The largest absolute Gasteiger partial charge is 0.480 e. The van der Waals surface area contributed by atoms with Gasteiger partial charge in [0.1, 0.15) is 11.3 Å². The first-order valence-corrected chi connectivity index (χ1v) is 7.65. The number of hydrogen-bond donors (Lipinski definition) is 2. The molecule has 1 fully saturated rings. The number of carboxylic acid groups (broad SMARTS) is 1. The van der Waals surface area contributed by atoms with Crippen molar-refractivity contribution in [3.63, 3.8) is 0 Å². The number of piperazine rings is 1. The van der Waals surface area contributed by atoms with E-state index in [9.17, 15) is 13.2 Å². The quantitative estimate of drug-likeness (QED) is 0.772. The van der Waals surface area contributed by atoms with Gasteiger partial charge in [-0.1, -0.05) is 0 Å². The molecule has 2 atom stereocenters. The monoisotopic (exact) mass is 336 g/mol. The Labute approximate surface area is 129 Å². The predicted molar refractivity (Wildman–Crippen MR) is 77.6 cm³/mol. The maximum absolute atomic E-state index is 12.6. The molecule has 0 aliphatic carbocycles. The molecule has 118 valence electrons. The van der Waals surface area contributed by atoms with E-state index < -0.39 is 27.3 Å². The second-order valence-electron chi connectivity index (χ2n) is 4.49. The fraction of sp³-hybridized carbons (Fsp3) is 0.545. The maximum Gasteiger partial charge on any atom is 0.323 e. The van der Waals surface area contributed by atoms with E-state index in [0.717, 1.165) is 4.31 Å². The van der Waals surface area contributed by atoms with Gasteiger partial charge in [-0.05, 0) is 6.92 Å². The smallest absolute Gasteiger partial charge is 0.323 e. The van der Waals surface area contributed by atoms with Crippen LogP contribution in [0.5, 0.6) is 0 Å². The highest BCUT2D eigenvalue weighted by Crippen LogP contribution is 2.25. The summed E-state index contributed by atoms with van der Waals surface area (Å²) in [5.74, 6) is -1.16. The van der Waals surface area contributed by atoms with Crippen molar-refractivity contribution < 1.29 is 18.3 Å². The molecule has 0 spiro atoms. The number of nitrogens with one attached hydrogen (secondary N) is 1. The number of aliphatic carboxylic acids is 1. The van der Waals surface area contributed by atoms with Gasteiger partial charge in [-0.2, -0.15) is 4.31 Å². The second kappa shape index (κ2) is 7.12. The molecule has 0 aromatic carbocycles. The van der Waals surface area contributed by atoms with E-state index in [1.54, 1.807) is 0 Å². The van der Waals surface area contributed by atoms with Crippen molar-refractivity contribution in [2.75, 3.05) is 19.6 Å². The summed E-state index contributed by atoms with van der Waals surface area (Å²) in [6, 6.07) is -1.09. The Kier molecular flexibility index (Phi) is 6.02. The van der Waals surface area contributed by atoms with Crippen LogP contribution in [0.4, 0.5) is 0 Å². The van der Waals surface area contributed by atoms with Crippen molar-refractivity contribution in [1.29, 1.82) is 0 Å². The summed E-state index contributed by atoms with van der Waals surface area (Å²) in [7, 11) is -3.80. The van der Waals surface area contributed by atoms with Gasteiger partial charge >= 0.3 is 5.97 Å². The highest BCUT2D eigenvalue weighted by atomic mass is 35.5. The molecule has 2 rings (SSSR count). The molecule has 2 unspecified atom stereocenters. The molecule has 1 aromatic rings. The van der Waals surface area contributed by atoms with Crippen LogP contribution in [0.3, 0.4) is 0 Å². The molecule has 2 N–H and O–H groups in total. The molecular formula is C11H17ClN4O4S. The van der Waals surface area contributed by atoms with Crippen molar-refractivity contribution in [3.8, 4) is 0 Å². The summed E-state index contributed by atoms with van der Waals surface area (Å²) >= 11 is 0. The zero-order chi connectivity index (χ0) is 14.8. The number of carboxylic acids is 1. The third-order valence-corrected chi connectivity index (χ3v) is 5.48. The summed E-state index contributed by atoms with van der Waals surface area (Å²) < 4.78 is 26.2. The lowest BCUT2D eigenvalue weighted by molar-refractivity contribution is -0.141. The topological polar surface area (TPSA) is 112 Å². The molecule has 0 amide bonds. The van der Waals surface area contributed by atoms with Crippen molar-refractivity contribution in [3.05, 3.63) is 24.3 Å². The predicted octanol–water partition coefficient (Wildman–Crippen LogP) is -0.352. The van der Waals surface area contributed by atoms with Gasteiger partial charge in [0.05, 0.1) is 5.69 Å². The number of rotatable bonds is 4. The fourth-order valence-electron chi connectivity index (χ4n) is 2.08. The zero-order valence-electron chi connectivity index (χ0n) is 11.3. The van der Waals surface area contributed by atoms with Gasteiger partial charge in [0.25, 0.3) is 0 Å². The van der Waals surface area contributed by atoms with E-state index in [1.165, 1.54) is 25.5 Å². The van der Waals surface area contributed by atoms with Crippen molar-refractivity contribution in [2.45, 2.75) is 18.2 Å². The van der Waals surface area contributed by atoms with Gasteiger partial charge < -0.3 is 10.4 Å². The van der Waals surface area contributed by atoms with Gasteiger partial charge in [-0.15, -0.1) is 12.4 Å². The number of nitrogens with zero attached hydrogens (tertiary/aromatic N) is 3. The minimum atomic E-state index is -3.80. The van der Waals surface area contributed by atoms with E-state index in [1.807, 2.05) is 0 Å². The third kappa shape index (κ3) is 3.67. The molecule has 1 aromatic heterocycles. The lowest BCUT2D eigenvalue weighted by atomic mass is 10.2. The molecule has 1 saturated heterocycles. The minimum Gasteiger partial charge on any atom is -0.480 e. The summed E-state index contributed by atoms with van der Waals surface area (Å²) in [5.41, 5.74) is 0.301. The normalized spacial score (nSPS) is 21.3. The van der Waals surface area contributed by atoms with Crippen LogP contribution in [0.25, 0.3) is 0 Å². The van der Waals surface area contributed by atoms with E-state index in [4.69, 9.17) is 5.11 Å². The molecule has 0 saturated carbocycles. The average molecular weight is 337 g/mol. The number of hydrogen-bond acceptors (Lipinski definition) is 6. The van der Waals surface area contributed by atoms with Crippen LogP contribution >= 0.6 is 12.4 Å². The lowest BCUT2D eigenvalue weighted by Gasteiger charge is -2.34. The molecule has 2 heterocycles. The van der Waals surface area contributed by atoms with Crippen LogP contribution in [0, 0.1) is 0 Å². The molecule has 0 bridgehead atoms. The van der Waals surface area contributed by atoms with Crippen molar-refractivity contribution in [1.82, 2.24) is 19.6 Å². The molecular weight excluding hydrogens is 320 g/mol. The Morgan fingerprint density at radius 3 is 2.81 bits per heavy atom. The van der Waals surface area contributed by atoms with Gasteiger partial charge in [0.15, 0.2) is 0 Å². The number of halogens is 1. The number of sulfonamides is 1. The van der Waals surface area contributed by atoms with Gasteiger partial charge in [-0.25, -0.2) is 8.42 Å². The maximum atomic E-state index is 12.6. The summed E-state index contributed by atoms with van der Waals surface area (Å²) in [6.07, 6.45) is 4.24. The van der Waals surface area contributed by atoms with Gasteiger partial charge in [-0.3, -0.25) is 14.8 Å². The van der Waals surface area contributed by atoms with E-state index in [2.05, 4.69) is 15.3 Å². The van der Waals surface area contributed by atoms with Crippen LogP contribution in [0.15, 0.2) is 18.6 Å². The van der Waals surface area contributed by atoms with Crippen LogP contribution in [0.1, 0.15) is 17.9 Å². The molecule has 0 radical (unpaired) electrons. The average Bonchev–Trinajstić information content (AvgIpc) is 2.47. The fourth-order valence-corrected chi connectivity index (χ4v) is 3.78. The SMILES string of the molecule is CC(c1cnccn1)S(=O)(=O)N1CCNCC1C(=O)O.Cl. The Hall–Kier alpha value is -1.29. The van der Waals surface area contributed by atoms with Crippen LogP contribution in [-0.2, 0) is 14.8 Å². The van der Waals surface area contributed by atoms with Crippen molar-refractivity contribution in [2.24, 2.45) is 0 Å². The number of carbonyl (C=O) groups is 1. The highest BCUT2D eigenvalue weighted by Gasteiger charge is 2.40. The summed E-state index contributed by atoms with van der Waals surface area (Å²) in [4.78, 5) is 19.0. The second-order valence-corrected chi connectivity index (χ2v) is 6.69. The molecule has 1 aliphatic rings. The first-order chi connectivity index (χ1) is 9.44. The molecule has 1 aliphatic heterocycles. The van der Waals surface area contributed by atoms with E-state index >= 15 is 0 Å². The lowest BCUT2D eigenvalue weighted by Crippen LogP contribution is -2.57. The van der Waals surface area contributed by atoms with E-state index in [-0.39, 0.29) is 25.5 Å².